The molecule has 0 aliphatic carbocycles. The summed E-state index contributed by atoms with van der Waals surface area (Å²) in [6.07, 6.45) is -3.21. The Kier molecular flexibility index (Phi) is 2.43. The van der Waals surface area contributed by atoms with Crippen molar-refractivity contribution >= 4 is 32.6 Å². The zero-order valence-corrected chi connectivity index (χ0v) is 10.6. The second-order valence-corrected chi connectivity index (χ2v) is 4.63. The van der Waals surface area contributed by atoms with E-state index in [4.69, 9.17) is 0 Å². The summed E-state index contributed by atoms with van der Waals surface area (Å²) < 4.78 is 39.5. The van der Waals surface area contributed by atoms with Gasteiger partial charge in [0, 0.05) is 0 Å². The van der Waals surface area contributed by atoms with E-state index in [1.54, 1.807) is 0 Å². The summed E-state index contributed by atoms with van der Waals surface area (Å²) >= 11 is 3.14. The summed E-state index contributed by atoms with van der Waals surface area (Å²) in [6, 6.07) is 1.85. The standard InChI is InChI=1S/C10H4BrF3N4O/c11-5-3-15-18-7-4(9(19)17-8(5)18)1-2-6(16-7)10(12,13)14/h1-3H,(H,17,19). The second-order valence-electron chi connectivity index (χ2n) is 3.77. The summed E-state index contributed by atoms with van der Waals surface area (Å²) in [4.78, 5) is 17.8. The van der Waals surface area contributed by atoms with Crippen LogP contribution in [0.4, 0.5) is 13.2 Å². The average molecular weight is 333 g/mol. The summed E-state index contributed by atoms with van der Waals surface area (Å²) in [6.45, 7) is 0. The van der Waals surface area contributed by atoms with Gasteiger partial charge in [-0.15, -0.1) is 0 Å². The minimum absolute atomic E-state index is 0.0381. The number of fused-ring (bicyclic) bond motifs is 3. The van der Waals surface area contributed by atoms with Crippen molar-refractivity contribution in [3.63, 3.8) is 0 Å². The first-order valence-electron chi connectivity index (χ1n) is 5.01. The van der Waals surface area contributed by atoms with Crippen LogP contribution in [0.15, 0.2) is 27.6 Å². The second kappa shape index (κ2) is 3.80. The highest BCUT2D eigenvalue weighted by Crippen LogP contribution is 2.28. The van der Waals surface area contributed by atoms with Crippen molar-refractivity contribution in [3.8, 4) is 0 Å². The Morgan fingerprint density at radius 2 is 2.05 bits per heavy atom. The van der Waals surface area contributed by atoms with Gasteiger partial charge in [0.2, 0.25) is 0 Å². The van der Waals surface area contributed by atoms with Gasteiger partial charge in [0.1, 0.15) is 5.69 Å². The summed E-state index contributed by atoms with van der Waals surface area (Å²) in [5, 5.41) is 3.92. The molecule has 5 nitrogen and oxygen atoms in total. The molecular weight excluding hydrogens is 329 g/mol. The molecule has 0 bridgehead atoms. The van der Waals surface area contributed by atoms with Crippen LogP contribution in [0.5, 0.6) is 0 Å². The van der Waals surface area contributed by atoms with Crippen LogP contribution < -0.4 is 5.56 Å². The largest absolute Gasteiger partial charge is 0.433 e. The van der Waals surface area contributed by atoms with E-state index < -0.39 is 17.4 Å². The van der Waals surface area contributed by atoms with E-state index in [9.17, 15) is 18.0 Å². The van der Waals surface area contributed by atoms with Crippen molar-refractivity contribution in [2.24, 2.45) is 0 Å². The van der Waals surface area contributed by atoms with Crippen LogP contribution in [0.25, 0.3) is 16.7 Å². The van der Waals surface area contributed by atoms with Crippen LogP contribution in [0.1, 0.15) is 5.69 Å². The lowest BCUT2D eigenvalue weighted by Gasteiger charge is -2.07. The van der Waals surface area contributed by atoms with Crippen molar-refractivity contribution < 1.29 is 13.2 Å². The lowest BCUT2D eigenvalue weighted by molar-refractivity contribution is -0.141. The first kappa shape index (κ1) is 12.2. The Morgan fingerprint density at radius 1 is 1.32 bits per heavy atom. The molecular formula is C10H4BrF3N4O. The van der Waals surface area contributed by atoms with Crippen LogP contribution in [0.3, 0.4) is 0 Å². The highest BCUT2D eigenvalue weighted by molar-refractivity contribution is 9.10. The van der Waals surface area contributed by atoms with Gasteiger partial charge >= 0.3 is 6.18 Å². The summed E-state index contributed by atoms with van der Waals surface area (Å²) in [7, 11) is 0. The molecule has 0 unspecified atom stereocenters. The Hall–Kier alpha value is -1.90. The first-order valence-corrected chi connectivity index (χ1v) is 5.81. The lowest BCUT2D eigenvalue weighted by Crippen LogP contribution is -2.14. The minimum atomic E-state index is -4.58. The maximum atomic E-state index is 12.6. The topological polar surface area (TPSA) is 63.0 Å². The molecule has 0 atom stereocenters. The molecule has 3 aromatic rings. The van der Waals surface area contributed by atoms with E-state index in [1.807, 2.05) is 0 Å². The predicted octanol–water partition coefficient (Wildman–Crippen LogP) is 2.35. The molecule has 19 heavy (non-hydrogen) atoms. The minimum Gasteiger partial charge on any atom is -0.305 e. The SMILES string of the molecule is O=c1[nH]c2c(Br)cnn2c2nc(C(F)(F)F)ccc12. The van der Waals surface area contributed by atoms with Crippen molar-refractivity contribution in [2.75, 3.05) is 0 Å². The third-order valence-corrected chi connectivity index (χ3v) is 3.15. The fourth-order valence-electron chi connectivity index (χ4n) is 1.72. The number of alkyl halides is 3. The van der Waals surface area contributed by atoms with Crippen LogP contribution in [0.2, 0.25) is 0 Å². The number of pyridine rings is 1. The van der Waals surface area contributed by atoms with Gasteiger partial charge in [0.25, 0.3) is 5.56 Å². The van der Waals surface area contributed by atoms with E-state index in [-0.39, 0.29) is 16.7 Å². The van der Waals surface area contributed by atoms with Gasteiger partial charge in [-0.1, -0.05) is 0 Å². The number of rotatable bonds is 0. The highest BCUT2D eigenvalue weighted by atomic mass is 79.9. The number of hydrogen-bond donors (Lipinski definition) is 1. The molecule has 3 heterocycles. The Bertz CT molecular complexity index is 851. The fourth-order valence-corrected chi connectivity index (χ4v) is 2.08. The molecule has 0 amide bonds. The van der Waals surface area contributed by atoms with Gasteiger partial charge in [0.15, 0.2) is 11.3 Å². The van der Waals surface area contributed by atoms with Gasteiger partial charge in [0.05, 0.1) is 16.1 Å². The number of H-pyrrole nitrogens is 1. The maximum Gasteiger partial charge on any atom is 0.433 e. The van der Waals surface area contributed by atoms with E-state index in [1.165, 1.54) is 6.20 Å². The zero-order valence-electron chi connectivity index (χ0n) is 8.99. The van der Waals surface area contributed by atoms with Crippen LogP contribution >= 0.6 is 15.9 Å². The molecule has 3 aromatic heterocycles. The fraction of sp³-hybridized carbons (Fsp3) is 0.100. The Labute approximate surface area is 111 Å². The van der Waals surface area contributed by atoms with Crippen molar-refractivity contribution in [2.45, 2.75) is 6.18 Å². The molecule has 9 heteroatoms. The van der Waals surface area contributed by atoms with Crippen molar-refractivity contribution in [1.29, 1.82) is 0 Å². The van der Waals surface area contributed by atoms with Gasteiger partial charge in [-0.2, -0.15) is 22.8 Å². The number of halogens is 4. The molecule has 1 N–H and O–H groups in total. The predicted molar refractivity (Wildman–Crippen MR) is 63.8 cm³/mol. The van der Waals surface area contributed by atoms with Crippen molar-refractivity contribution in [1.82, 2.24) is 19.6 Å². The maximum absolute atomic E-state index is 12.6. The van der Waals surface area contributed by atoms with Gasteiger partial charge in [-0.05, 0) is 28.1 Å². The van der Waals surface area contributed by atoms with E-state index in [0.717, 1.165) is 16.6 Å². The number of nitrogens with zero attached hydrogens (tertiary/aromatic N) is 3. The Balaban J connectivity index is 2.50. The molecule has 0 saturated heterocycles. The number of nitrogens with one attached hydrogen (secondary N) is 1. The van der Waals surface area contributed by atoms with E-state index in [2.05, 4.69) is 31.0 Å². The van der Waals surface area contributed by atoms with Gasteiger partial charge in [-0.3, -0.25) is 4.79 Å². The molecule has 0 spiro atoms. The molecule has 0 aromatic carbocycles. The molecule has 0 saturated carbocycles. The molecule has 0 aliphatic rings. The molecule has 0 aliphatic heterocycles. The summed E-state index contributed by atoms with van der Waals surface area (Å²) in [5.41, 5.74) is -1.48. The van der Waals surface area contributed by atoms with Crippen LogP contribution in [0, 0.1) is 0 Å². The van der Waals surface area contributed by atoms with E-state index in [0.29, 0.717) is 4.47 Å². The van der Waals surface area contributed by atoms with Crippen molar-refractivity contribution in [3.05, 3.63) is 38.9 Å². The first-order chi connectivity index (χ1) is 8.88. The third-order valence-electron chi connectivity index (χ3n) is 2.57. The summed E-state index contributed by atoms with van der Waals surface area (Å²) in [5.74, 6) is 0. The Morgan fingerprint density at radius 3 is 2.74 bits per heavy atom. The normalized spacial score (nSPS) is 12.4. The number of aromatic amines is 1. The molecule has 0 fully saturated rings. The lowest BCUT2D eigenvalue weighted by atomic mass is 10.3. The van der Waals surface area contributed by atoms with Gasteiger partial charge < -0.3 is 4.98 Å². The monoisotopic (exact) mass is 332 g/mol. The molecule has 3 rings (SSSR count). The third kappa shape index (κ3) is 1.81. The number of hydrogen-bond acceptors (Lipinski definition) is 3. The molecule has 0 radical (unpaired) electrons. The highest BCUT2D eigenvalue weighted by Gasteiger charge is 2.33. The smallest absolute Gasteiger partial charge is 0.305 e. The number of aromatic nitrogens is 4. The molecule has 98 valence electrons. The van der Waals surface area contributed by atoms with Crippen LogP contribution in [-0.2, 0) is 6.18 Å². The van der Waals surface area contributed by atoms with E-state index >= 15 is 0 Å². The van der Waals surface area contributed by atoms with Crippen LogP contribution in [-0.4, -0.2) is 19.6 Å². The van der Waals surface area contributed by atoms with Gasteiger partial charge in [-0.25, -0.2) is 4.98 Å². The average Bonchev–Trinajstić information content (AvgIpc) is 2.70. The zero-order chi connectivity index (χ0) is 13.8. The quantitative estimate of drug-likeness (QED) is 0.687.